The fourth-order valence-corrected chi connectivity index (χ4v) is 3.62. The van der Waals surface area contributed by atoms with Gasteiger partial charge in [0.15, 0.2) is 11.5 Å². The highest BCUT2D eigenvalue weighted by Crippen LogP contribution is 2.34. The molecule has 10 heteroatoms. The second kappa shape index (κ2) is 10.3. The van der Waals surface area contributed by atoms with Crippen molar-refractivity contribution < 1.29 is 23.8 Å². The number of carbonyl (C=O) groups excluding carboxylic acids is 2. The first-order valence-corrected chi connectivity index (χ1v) is 10.6. The van der Waals surface area contributed by atoms with Crippen molar-refractivity contribution in [3.05, 3.63) is 47.8 Å². The fourth-order valence-electron chi connectivity index (χ4n) is 3.62. The Morgan fingerprint density at radius 3 is 2.69 bits per heavy atom. The van der Waals surface area contributed by atoms with Gasteiger partial charge in [-0.1, -0.05) is 6.07 Å². The van der Waals surface area contributed by atoms with E-state index in [9.17, 15) is 9.59 Å². The molecule has 1 saturated heterocycles. The summed E-state index contributed by atoms with van der Waals surface area (Å²) in [6.45, 7) is 5.27. The van der Waals surface area contributed by atoms with Crippen LogP contribution in [-0.2, 0) is 11.3 Å². The van der Waals surface area contributed by atoms with Crippen molar-refractivity contribution in [2.24, 2.45) is 5.73 Å². The van der Waals surface area contributed by atoms with Crippen LogP contribution in [0.2, 0.25) is 0 Å². The van der Waals surface area contributed by atoms with Gasteiger partial charge in [-0.05, 0) is 30.2 Å². The smallest absolute Gasteiger partial charge is 0.322 e. The zero-order valence-electron chi connectivity index (χ0n) is 17.8. The fraction of sp³-hybridized carbons (Fsp3) is 0.409. The maximum absolute atomic E-state index is 13.1. The van der Waals surface area contributed by atoms with Crippen molar-refractivity contribution in [3.8, 4) is 11.5 Å². The molecule has 3 amide bonds. The molecular formula is C22H27N5O5. The molecule has 1 aromatic carbocycles. The molecule has 170 valence electrons. The molecule has 10 nitrogen and oxygen atoms in total. The Balaban J connectivity index is 1.41. The van der Waals surface area contributed by atoms with Crippen LogP contribution in [0.1, 0.15) is 22.5 Å². The third-order valence-corrected chi connectivity index (χ3v) is 5.37. The number of benzene rings is 1. The van der Waals surface area contributed by atoms with E-state index in [-0.39, 0.29) is 18.5 Å². The van der Waals surface area contributed by atoms with Crippen LogP contribution >= 0.6 is 0 Å². The minimum absolute atomic E-state index is 0.175. The van der Waals surface area contributed by atoms with Gasteiger partial charge < -0.3 is 30.2 Å². The van der Waals surface area contributed by atoms with Crippen LogP contribution in [0.25, 0.3) is 0 Å². The normalized spacial score (nSPS) is 15.4. The number of carbonyl (C=O) groups is 2. The lowest BCUT2D eigenvalue weighted by atomic mass is 10.2. The summed E-state index contributed by atoms with van der Waals surface area (Å²) in [5.74, 6) is 0.679. The van der Waals surface area contributed by atoms with Gasteiger partial charge in [0, 0.05) is 50.7 Å². The number of nitrogens with one attached hydrogen (secondary N) is 1. The van der Waals surface area contributed by atoms with Crippen LogP contribution in [0.5, 0.6) is 11.5 Å². The van der Waals surface area contributed by atoms with Gasteiger partial charge in [-0.25, -0.2) is 4.79 Å². The van der Waals surface area contributed by atoms with Gasteiger partial charge in [-0.3, -0.25) is 14.7 Å². The number of primary amides is 1. The largest absolute Gasteiger partial charge is 0.454 e. The van der Waals surface area contributed by atoms with E-state index in [1.54, 1.807) is 41.4 Å². The van der Waals surface area contributed by atoms with Gasteiger partial charge >= 0.3 is 6.03 Å². The minimum Gasteiger partial charge on any atom is -0.454 e. The van der Waals surface area contributed by atoms with Crippen LogP contribution in [0.4, 0.5) is 10.5 Å². The van der Waals surface area contributed by atoms with Gasteiger partial charge in [-0.2, -0.15) is 0 Å². The molecule has 1 fully saturated rings. The van der Waals surface area contributed by atoms with E-state index in [2.05, 4.69) is 15.2 Å². The number of nitrogens with two attached hydrogens (primary N) is 1. The number of rotatable bonds is 8. The maximum atomic E-state index is 13.1. The predicted molar refractivity (Wildman–Crippen MR) is 117 cm³/mol. The molecule has 3 heterocycles. The van der Waals surface area contributed by atoms with Crippen LogP contribution < -0.4 is 20.5 Å². The second-order valence-electron chi connectivity index (χ2n) is 7.64. The van der Waals surface area contributed by atoms with Gasteiger partial charge in [0.1, 0.15) is 5.69 Å². The quantitative estimate of drug-likeness (QED) is 0.639. The molecule has 2 aromatic rings. The lowest BCUT2D eigenvalue weighted by Gasteiger charge is -2.28. The Labute approximate surface area is 186 Å². The lowest BCUT2D eigenvalue weighted by molar-refractivity contribution is 0.0365. The Hall–Kier alpha value is -3.37. The molecule has 0 spiro atoms. The van der Waals surface area contributed by atoms with E-state index in [1.807, 2.05) is 0 Å². The third-order valence-electron chi connectivity index (χ3n) is 5.37. The zero-order chi connectivity index (χ0) is 22.3. The molecule has 4 rings (SSSR count). The SMILES string of the molecule is NC(=O)c1ccc(CN(CCCN2CCOCC2)C(=O)Nc2ccc3c(c2)OCO3)cn1. The van der Waals surface area contributed by atoms with Crippen molar-refractivity contribution in [1.82, 2.24) is 14.8 Å². The standard InChI is InChI=1S/C22H27N5O5/c23-21(28)18-4-2-16(13-24-18)14-27(7-1-6-26-8-10-30-11-9-26)22(29)25-17-3-5-19-20(12-17)32-15-31-19/h2-5,12-13H,1,6-11,14-15H2,(H2,23,28)(H,25,29). The first kappa shape index (κ1) is 21.8. The topological polar surface area (TPSA) is 119 Å². The van der Waals surface area contributed by atoms with Crippen LogP contribution in [0.15, 0.2) is 36.5 Å². The Bertz CT molecular complexity index is 946. The summed E-state index contributed by atoms with van der Waals surface area (Å²) in [6, 6.07) is 8.39. The number of aromatic nitrogens is 1. The zero-order valence-corrected chi connectivity index (χ0v) is 17.8. The highest BCUT2D eigenvalue weighted by Gasteiger charge is 2.19. The highest BCUT2D eigenvalue weighted by atomic mass is 16.7. The summed E-state index contributed by atoms with van der Waals surface area (Å²) < 4.78 is 16.1. The van der Waals surface area contributed by atoms with Gasteiger partial charge in [0.2, 0.25) is 6.79 Å². The average molecular weight is 441 g/mol. The minimum atomic E-state index is -0.584. The number of amides is 3. The summed E-state index contributed by atoms with van der Waals surface area (Å²) in [6.07, 6.45) is 2.39. The number of hydrogen-bond donors (Lipinski definition) is 2. The van der Waals surface area contributed by atoms with Gasteiger partial charge in [0.05, 0.1) is 13.2 Å². The first-order chi connectivity index (χ1) is 15.6. The number of pyridine rings is 1. The lowest BCUT2D eigenvalue weighted by Crippen LogP contribution is -2.40. The average Bonchev–Trinajstić information content (AvgIpc) is 3.27. The summed E-state index contributed by atoms with van der Waals surface area (Å²) in [4.78, 5) is 32.5. The van der Waals surface area contributed by atoms with E-state index in [1.165, 1.54) is 0 Å². The molecule has 32 heavy (non-hydrogen) atoms. The number of nitrogens with zero attached hydrogens (tertiary/aromatic N) is 3. The Morgan fingerprint density at radius 1 is 1.12 bits per heavy atom. The Kier molecular flexibility index (Phi) is 7.03. The first-order valence-electron chi connectivity index (χ1n) is 10.6. The molecule has 0 bridgehead atoms. The molecule has 0 aliphatic carbocycles. The molecule has 0 unspecified atom stereocenters. The number of fused-ring (bicyclic) bond motifs is 1. The predicted octanol–water partition coefficient (Wildman–Crippen LogP) is 1.67. The molecule has 0 saturated carbocycles. The molecule has 1 aromatic heterocycles. The van der Waals surface area contributed by atoms with Crippen molar-refractivity contribution in [2.45, 2.75) is 13.0 Å². The maximum Gasteiger partial charge on any atom is 0.322 e. The molecule has 0 atom stereocenters. The van der Waals surface area contributed by atoms with Crippen molar-refractivity contribution >= 4 is 17.6 Å². The van der Waals surface area contributed by atoms with Gasteiger partial charge in [0.25, 0.3) is 5.91 Å². The molecule has 0 radical (unpaired) electrons. The molecular weight excluding hydrogens is 414 g/mol. The van der Waals surface area contributed by atoms with Crippen molar-refractivity contribution in [3.63, 3.8) is 0 Å². The van der Waals surface area contributed by atoms with E-state index in [4.69, 9.17) is 19.9 Å². The summed E-state index contributed by atoms with van der Waals surface area (Å²) in [5, 5.41) is 2.93. The number of anilines is 1. The Morgan fingerprint density at radius 2 is 1.94 bits per heavy atom. The summed E-state index contributed by atoms with van der Waals surface area (Å²) >= 11 is 0. The van der Waals surface area contributed by atoms with Crippen LogP contribution in [0, 0.1) is 0 Å². The van der Waals surface area contributed by atoms with Crippen LogP contribution in [0.3, 0.4) is 0 Å². The van der Waals surface area contributed by atoms with Gasteiger partial charge in [-0.15, -0.1) is 0 Å². The highest BCUT2D eigenvalue weighted by molar-refractivity contribution is 5.91. The van der Waals surface area contributed by atoms with Crippen LogP contribution in [-0.4, -0.2) is 72.9 Å². The van der Waals surface area contributed by atoms with E-state index >= 15 is 0 Å². The number of urea groups is 1. The van der Waals surface area contributed by atoms with Crippen molar-refractivity contribution in [2.75, 3.05) is 51.5 Å². The number of ether oxygens (including phenoxy) is 3. The second-order valence-corrected chi connectivity index (χ2v) is 7.64. The molecule has 3 N–H and O–H groups in total. The molecule has 2 aliphatic heterocycles. The summed E-state index contributed by atoms with van der Waals surface area (Å²) in [7, 11) is 0. The van der Waals surface area contributed by atoms with Crippen molar-refractivity contribution in [1.29, 1.82) is 0 Å². The number of morpholine rings is 1. The monoisotopic (exact) mass is 441 g/mol. The van der Waals surface area contributed by atoms with E-state index in [0.717, 1.165) is 44.8 Å². The van der Waals surface area contributed by atoms with E-state index in [0.29, 0.717) is 30.3 Å². The van der Waals surface area contributed by atoms with E-state index < -0.39 is 5.91 Å². The number of hydrogen-bond acceptors (Lipinski definition) is 7. The summed E-state index contributed by atoms with van der Waals surface area (Å²) in [5.41, 5.74) is 6.89. The molecule has 2 aliphatic rings. The third kappa shape index (κ3) is 5.65.